The molecule has 2 N–H and O–H groups in total. The van der Waals surface area contributed by atoms with Crippen molar-refractivity contribution >= 4 is 11.9 Å². The van der Waals surface area contributed by atoms with Gasteiger partial charge >= 0.3 is 12.1 Å². The fourth-order valence-corrected chi connectivity index (χ4v) is 2.35. The van der Waals surface area contributed by atoms with Gasteiger partial charge in [0.25, 0.3) is 0 Å². The number of carboxylic acid groups (broad SMARTS) is 1. The van der Waals surface area contributed by atoms with Gasteiger partial charge in [-0.2, -0.15) is 18.3 Å². The molecular weight excluding hydrogens is 327 g/mol. The van der Waals surface area contributed by atoms with E-state index < -0.39 is 30.5 Å². The van der Waals surface area contributed by atoms with Gasteiger partial charge in [-0.05, 0) is 19.8 Å². The molecule has 1 rings (SSSR count). The molecule has 1 aromatic heterocycles. The van der Waals surface area contributed by atoms with Crippen LogP contribution in [0.5, 0.6) is 0 Å². The number of carboxylic acids is 1. The minimum absolute atomic E-state index is 0.211. The number of hydrogen-bond donors (Lipinski definition) is 2. The minimum Gasteiger partial charge on any atom is -0.480 e. The molecule has 1 unspecified atom stereocenters. The summed E-state index contributed by atoms with van der Waals surface area (Å²) < 4.78 is 38.8. The van der Waals surface area contributed by atoms with Crippen LogP contribution < -0.4 is 5.32 Å². The summed E-state index contributed by atoms with van der Waals surface area (Å²) in [6.45, 7) is 8.15. The standard InChI is InChI=1S/C15H22F3N3O3/c1-8(2)7-21-10(4)11(9(3)20-21)5-13(22)19-12(14(23)24)6-15(16,17)18/h8,12H,5-7H2,1-4H3,(H,19,22)(H,23,24). The van der Waals surface area contributed by atoms with E-state index in [0.29, 0.717) is 23.7 Å². The molecule has 1 aromatic rings. The lowest BCUT2D eigenvalue weighted by molar-refractivity contribution is -0.159. The van der Waals surface area contributed by atoms with Gasteiger partial charge in [-0.3, -0.25) is 9.48 Å². The normalized spacial score (nSPS) is 13.2. The molecule has 0 radical (unpaired) electrons. The van der Waals surface area contributed by atoms with Gasteiger partial charge in [0.2, 0.25) is 5.91 Å². The van der Waals surface area contributed by atoms with Crippen molar-refractivity contribution in [3.8, 4) is 0 Å². The second kappa shape index (κ2) is 7.67. The molecule has 1 heterocycles. The first-order chi connectivity index (χ1) is 10.9. The highest BCUT2D eigenvalue weighted by Crippen LogP contribution is 2.22. The van der Waals surface area contributed by atoms with Crippen LogP contribution in [-0.2, 0) is 22.6 Å². The van der Waals surface area contributed by atoms with E-state index in [1.807, 2.05) is 19.2 Å². The van der Waals surface area contributed by atoms with E-state index in [4.69, 9.17) is 5.11 Å². The summed E-state index contributed by atoms with van der Waals surface area (Å²) >= 11 is 0. The molecule has 0 spiro atoms. The Balaban J connectivity index is 2.84. The van der Waals surface area contributed by atoms with Gasteiger partial charge in [0.1, 0.15) is 6.04 Å². The van der Waals surface area contributed by atoms with Crippen molar-refractivity contribution in [3.05, 3.63) is 17.0 Å². The van der Waals surface area contributed by atoms with E-state index in [-0.39, 0.29) is 6.42 Å². The molecule has 0 fully saturated rings. The number of aryl methyl sites for hydroxylation is 1. The van der Waals surface area contributed by atoms with Crippen LogP contribution in [0.1, 0.15) is 37.2 Å². The highest BCUT2D eigenvalue weighted by atomic mass is 19.4. The Morgan fingerprint density at radius 2 is 1.88 bits per heavy atom. The van der Waals surface area contributed by atoms with Crippen molar-refractivity contribution in [2.45, 2.75) is 59.3 Å². The average Bonchev–Trinajstić information content (AvgIpc) is 2.63. The van der Waals surface area contributed by atoms with Crippen molar-refractivity contribution in [1.82, 2.24) is 15.1 Å². The largest absolute Gasteiger partial charge is 0.480 e. The van der Waals surface area contributed by atoms with Crippen molar-refractivity contribution in [2.75, 3.05) is 0 Å². The molecule has 6 nitrogen and oxygen atoms in total. The van der Waals surface area contributed by atoms with Crippen LogP contribution >= 0.6 is 0 Å². The number of hydrogen-bond acceptors (Lipinski definition) is 3. The number of aromatic nitrogens is 2. The molecule has 0 aromatic carbocycles. The molecule has 0 aliphatic heterocycles. The number of carbonyl (C=O) groups excluding carboxylic acids is 1. The van der Waals surface area contributed by atoms with Gasteiger partial charge in [-0.1, -0.05) is 13.8 Å². The minimum atomic E-state index is -4.68. The predicted octanol–water partition coefficient (Wildman–Crippen LogP) is 2.22. The second-order valence-electron chi connectivity index (χ2n) is 6.18. The van der Waals surface area contributed by atoms with Crippen LogP contribution in [0.25, 0.3) is 0 Å². The fraction of sp³-hybridized carbons (Fsp3) is 0.667. The topological polar surface area (TPSA) is 84.2 Å². The van der Waals surface area contributed by atoms with Crippen molar-refractivity contribution in [3.63, 3.8) is 0 Å². The van der Waals surface area contributed by atoms with Crippen molar-refractivity contribution in [2.24, 2.45) is 5.92 Å². The lowest BCUT2D eigenvalue weighted by atomic mass is 10.1. The van der Waals surface area contributed by atoms with Gasteiger partial charge in [0.15, 0.2) is 0 Å². The highest BCUT2D eigenvalue weighted by Gasteiger charge is 2.36. The van der Waals surface area contributed by atoms with E-state index in [9.17, 15) is 22.8 Å². The zero-order chi connectivity index (χ0) is 18.7. The Kier molecular flexibility index (Phi) is 6.39. The Morgan fingerprint density at radius 1 is 1.29 bits per heavy atom. The average molecular weight is 349 g/mol. The summed E-state index contributed by atoms with van der Waals surface area (Å²) in [4.78, 5) is 22.9. The van der Waals surface area contributed by atoms with Crippen LogP contribution in [0.2, 0.25) is 0 Å². The first kappa shape index (κ1) is 20.0. The van der Waals surface area contributed by atoms with Crippen LogP contribution in [0.3, 0.4) is 0 Å². The molecule has 1 atom stereocenters. The molecule has 0 aliphatic carbocycles. The number of aliphatic carboxylic acids is 1. The van der Waals surface area contributed by atoms with Gasteiger partial charge < -0.3 is 10.4 Å². The molecule has 0 aliphatic rings. The number of nitrogens with zero attached hydrogens (tertiary/aromatic N) is 2. The SMILES string of the molecule is Cc1nn(CC(C)C)c(C)c1CC(=O)NC(CC(F)(F)F)C(=O)O. The maximum absolute atomic E-state index is 12.4. The third kappa shape index (κ3) is 5.86. The number of carbonyl (C=O) groups is 2. The summed E-state index contributed by atoms with van der Waals surface area (Å²) in [5.41, 5.74) is 1.95. The summed E-state index contributed by atoms with van der Waals surface area (Å²) in [5, 5.41) is 15.1. The quantitative estimate of drug-likeness (QED) is 0.791. The molecule has 1 amide bonds. The highest BCUT2D eigenvalue weighted by molar-refractivity contribution is 5.85. The maximum Gasteiger partial charge on any atom is 0.391 e. The maximum atomic E-state index is 12.4. The lowest BCUT2D eigenvalue weighted by Crippen LogP contribution is -2.44. The number of nitrogens with one attached hydrogen (secondary N) is 1. The van der Waals surface area contributed by atoms with Crippen molar-refractivity contribution < 1.29 is 27.9 Å². The molecule has 136 valence electrons. The summed E-state index contributed by atoms with van der Waals surface area (Å²) in [7, 11) is 0. The molecule has 0 saturated carbocycles. The summed E-state index contributed by atoms with van der Waals surface area (Å²) in [5.74, 6) is -2.15. The van der Waals surface area contributed by atoms with E-state index >= 15 is 0 Å². The molecule has 24 heavy (non-hydrogen) atoms. The van der Waals surface area contributed by atoms with E-state index in [1.54, 1.807) is 18.5 Å². The molecule has 0 saturated heterocycles. The number of halogens is 3. The zero-order valence-electron chi connectivity index (χ0n) is 14.1. The Labute approximate surface area is 138 Å². The number of rotatable bonds is 7. The number of amides is 1. The predicted molar refractivity (Wildman–Crippen MR) is 80.5 cm³/mol. The molecule has 9 heteroatoms. The van der Waals surface area contributed by atoms with E-state index in [0.717, 1.165) is 5.69 Å². The Hall–Kier alpha value is -2.06. The third-order valence-corrected chi connectivity index (χ3v) is 3.48. The van der Waals surface area contributed by atoms with Gasteiger partial charge in [-0.25, -0.2) is 4.79 Å². The first-order valence-corrected chi connectivity index (χ1v) is 7.52. The third-order valence-electron chi connectivity index (χ3n) is 3.48. The van der Waals surface area contributed by atoms with Crippen molar-refractivity contribution in [1.29, 1.82) is 0 Å². The van der Waals surface area contributed by atoms with Crippen LogP contribution in [0, 0.1) is 19.8 Å². The monoisotopic (exact) mass is 349 g/mol. The van der Waals surface area contributed by atoms with E-state index in [2.05, 4.69) is 5.10 Å². The lowest BCUT2D eigenvalue weighted by Gasteiger charge is -2.16. The zero-order valence-corrected chi connectivity index (χ0v) is 14.1. The summed E-state index contributed by atoms with van der Waals surface area (Å²) in [6, 6.07) is -2.00. The first-order valence-electron chi connectivity index (χ1n) is 7.52. The molecular formula is C15H22F3N3O3. The number of alkyl halides is 3. The van der Waals surface area contributed by atoms with Gasteiger partial charge in [0.05, 0.1) is 18.5 Å². The summed E-state index contributed by atoms with van der Waals surface area (Å²) in [6.07, 6.45) is -6.50. The van der Waals surface area contributed by atoms with Crippen LogP contribution in [-0.4, -0.2) is 39.0 Å². The van der Waals surface area contributed by atoms with Crippen LogP contribution in [0.4, 0.5) is 13.2 Å². The Bertz CT molecular complexity index is 609. The molecule has 0 bridgehead atoms. The van der Waals surface area contributed by atoms with Gasteiger partial charge in [-0.15, -0.1) is 0 Å². The smallest absolute Gasteiger partial charge is 0.391 e. The second-order valence-corrected chi connectivity index (χ2v) is 6.18. The van der Waals surface area contributed by atoms with E-state index in [1.165, 1.54) is 0 Å². The fourth-order valence-electron chi connectivity index (χ4n) is 2.35. The Morgan fingerprint density at radius 3 is 2.33 bits per heavy atom. The van der Waals surface area contributed by atoms with Gasteiger partial charge in [0, 0.05) is 17.8 Å². The van der Waals surface area contributed by atoms with Crippen LogP contribution in [0.15, 0.2) is 0 Å².